The summed E-state index contributed by atoms with van der Waals surface area (Å²) < 4.78 is 53.2. The number of ether oxygens (including phenoxy) is 1. The lowest BCUT2D eigenvalue weighted by Gasteiger charge is -2.11. The van der Waals surface area contributed by atoms with Gasteiger partial charge in [0.25, 0.3) is 5.91 Å². The summed E-state index contributed by atoms with van der Waals surface area (Å²) in [6, 6.07) is 12.2. The largest absolute Gasteiger partial charge is 0.435 e. The molecule has 0 aliphatic carbocycles. The standard InChI is InChI=1S/C19H21F2NO4S/c1-2-13-27(24,25)17-6-4-3-5-16(17)18(23)22-12-11-14-7-9-15(10-8-14)26-19(20)21/h3-10,19H,2,11-13H2,1H3,(H,22,23). The van der Waals surface area contributed by atoms with E-state index < -0.39 is 22.4 Å². The maximum absolute atomic E-state index is 12.4. The predicted molar refractivity (Wildman–Crippen MR) is 97.9 cm³/mol. The van der Waals surface area contributed by atoms with E-state index >= 15 is 0 Å². The molecule has 2 aromatic rings. The number of carbonyl (C=O) groups is 1. The normalized spacial score (nSPS) is 11.4. The third-order valence-corrected chi connectivity index (χ3v) is 5.76. The Kier molecular flexibility index (Phi) is 7.29. The minimum absolute atomic E-state index is 0.0235. The fourth-order valence-corrected chi connectivity index (χ4v) is 4.10. The molecule has 0 aromatic heterocycles. The summed E-state index contributed by atoms with van der Waals surface area (Å²) in [7, 11) is -3.51. The zero-order valence-corrected chi connectivity index (χ0v) is 15.6. The number of rotatable bonds is 9. The van der Waals surface area contributed by atoms with Gasteiger partial charge in [0.05, 0.1) is 16.2 Å². The number of alkyl halides is 2. The van der Waals surface area contributed by atoms with Gasteiger partial charge in [-0.2, -0.15) is 8.78 Å². The van der Waals surface area contributed by atoms with Crippen molar-refractivity contribution >= 4 is 15.7 Å². The summed E-state index contributed by atoms with van der Waals surface area (Å²) in [6.45, 7) is -0.840. The van der Waals surface area contributed by atoms with Crippen molar-refractivity contribution in [3.8, 4) is 5.75 Å². The molecule has 0 fully saturated rings. The lowest BCUT2D eigenvalue weighted by molar-refractivity contribution is -0.0498. The van der Waals surface area contributed by atoms with E-state index in [4.69, 9.17) is 0 Å². The molecule has 1 amide bonds. The molecule has 0 aliphatic rings. The zero-order valence-electron chi connectivity index (χ0n) is 14.8. The first kappa shape index (κ1) is 20.8. The molecule has 1 N–H and O–H groups in total. The molecule has 146 valence electrons. The average Bonchev–Trinajstić information content (AvgIpc) is 2.62. The summed E-state index contributed by atoms with van der Waals surface area (Å²) >= 11 is 0. The topological polar surface area (TPSA) is 72.5 Å². The molecular formula is C19H21F2NO4S. The number of nitrogens with one attached hydrogen (secondary N) is 1. The second kappa shape index (κ2) is 9.45. The van der Waals surface area contributed by atoms with Gasteiger partial charge in [-0.05, 0) is 42.7 Å². The number of hydrogen-bond acceptors (Lipinski definition) is 4. The van der Waals surface area contributed by atoms with Crippen LogP contribution in [-0.2, 0) is 16.3 Å². The highest BCUT2D eigenvalue weighted by Gasteiger charge is 2.21. The van der Waals surface area contributed by atoms with Gasteiger partial charge in [-0.1, -0.05) is 31.2 Å². The van der Waals surface area contributed by atoms with E-state index in [-0.39, 0.29) is 28.5 Å². The maximum Gasteiger partial charge on any atom is 0.387 e. The Bertz CT molecular complexity index is 868. The van der Waals surface area contributed by atoms with Gasteiger partial charge in [0.2, 0.25) is 0 Å². The van der Waals surface area contributed by atoms with Crippen molar-refractivity contribution in [3.05, 3.63) is 59.7 Å². The number of halogens is 2. The molecule has 2 rings (SSSR count). The highest BCUT2D eigenvalue weighted by atomic mass is 32.2. The van der Waals surface area contributed by atoms with Crippen LogP contribution in [0.4, 0.5) is 8.78 Å². The van der Waals surface area contributed by atoms with Gasteiger partial charge < -0.3 is 10.1 Å². The SMILES string of the molecule is CCCS(=O)(=O)c1ccccc1C(=O)NCCc1ccc(OC(F)F)cc1. The van der Waals surface area contributed by atoms with Crippen molar-refractivity contribution in [2.45, 2.75) is 31.3 Å². The molecule has 0 spiro atoms. The number of carbonyl (C=O) groups excluding carboxylic acids is 1. The first-order valence-electron chi connectivity index (χ1n) is 8.47. The highest BCUT2D eigenvalue weighted by Crippen LogP contribution is 2.18. The van der Waals surface area contributed by atoms with Gasteiger partial charge in [0, 0.05) is 6.54 Å². The Balaban J connectivity index is 1.99. The van der Waals surface area contributed by atoms with Gasteiger partial charge >= 0.3 is 6.61 Å². The monoisotopic (exact) mass is 397 g/mol. The van der Waals surface area contributed by atoms with Gasteiger partial charge in [-0.3, -0.25) is 4.79 Å². The minimum atomic E-state index is -3.51. The Hall–Kier alpha value is -2.48. The van der Waals surface area contributed by atoms with Crippen molar-refractivity contribution in [3.63, 3.8) is 0 Å². The minimum Gasteiger partial charge on any atom is -0.435 e. The van der Waals surface area contributed by atoms with Crippen LogP contribution >= 0.6 is 0 Å². The molecule has 0 saturated heterocycles. The van der Waals surface area contributed by atoms with Crippen LogP contribution < -0.4 is 10.1 Å². The Labute approximate surface area is 157 Å². The average molecular weight is 397 g/mol. The van der Waals surface area contributed by atoms with Gasteiger partial charge in [-0.25, -0.2) is 8.42 Å². The van der Waals surface area contributed by atoms with Crippen LogP contribution in [-0.4, -0.2) is 33.2 Å². The van der Waals surface area contributed by atoms with E-state index in [2.05, 4.69) is 10.1 Å². The van der Waals surface area contributed by atoms with E-state index in [0.717, 1.165) is 5.56 Å². The van der Waals surface area contributed by atoms with E-state index in [0.29, 0.717) is 12.8 Å². The second-order valence-corrected chi connectivity index (χ2v) is 7.92. The van der Waals surface area contributed by atoms with Crippen LogP contribution in [0.25, 0.3) is 0 Å². The number of sulfone groups is 1. The summed E-state index contributed by atoms with van der Waals surface area (Å²) in [4.78, 5) is 12.4. The van der Waals surface area contributed by atoms with E-state index in [1.54, 1.807) is 31.2 Å². The fraction of sp³-hybridized carbons (Fsp3) is 0.316. The quantitative estimate of drug-likeness (QED) is 0.704. The van der Waals surface area contributed by atoms with Crippen LogP contribution in [0, 0.1) is 0 Å². The molecule has 0 radical (unpaired) electrons. The van der Waals surface area contributed by atoms with E-state index in [1.807, 2.05) is 0 Å². The van der Waals surface area contributed by atoms with E-state index in [1.165, 1.54) is 24.3 Å². The van der Waals surface area contributed by atoms with Crippen molar-refractivity contribution in [2.24, 2.45) is 0 Å². The lowest BCUT2D eigenvalue weighted by atomic mass is 10.1. The third kappa shape index (κ3) is 6.02. The first-order chi connectivity index (χ1) is 12.8. The Morgan fingerprint density at radius 1 is 1.11 bits per heavy atom. The predicted octanol–water partition coefficient (Wildman–Crippen LogP) is 3.44. The Morgan fingerprint density at radius 2 is 1.78 bits per heavy atom. The fourth-order valence-electron chi connectivity index (χ4n) is 2.56. The molecule has 0 heterocycles. The zero-order chi connectivity index (χ0) is 19.9. The first-order valence-corrected chi connectivity index (χ1v) is 10.1. The second-order valence-electron chi connectivity index (χ2n) is 5.84. The molecule has 5 nitrogen and oxygen atoms in total. The molecule has 2 aromatic carbocycles. The van der Waals surface area contributed by atoms with Gasteiger partial charge in [-0.15, -0.1) is 0 Å². The molecule has 0 saturated carbocycles. The van der Waals surface area contributed by atoms with Crippen molar-refractivity contribution in [1.29, 1.82) is 0 Å². The lowest BCUT2D eigenvalue weighted by Crippen LogP contribution is -2.27. The number of amides is 1. The molecule has 0 unspecified atom stereocenters. The van der Waals surface area contributed by atoms with Crippen molar-refractivity contribution in [2.75, 3.05) is 12.3 Å². The molecule has 8 heteroatoms. The van der Waals surface area contributed by atoms with Crippen LogP contribution in [0.1, 0.15) is 29.3 Å². The summed E-state index contributed by atoms with van der Waals surface area (Å²) in [5.74, 6) is -0.430. The third-order valence-electron chi connectivity index (χ3n) is 3.79. The van der Waals surface area contributed by atoms with Crippen molar-refractivity contribution in [1.82, 2.24) is 5.32 Å². The summed E-state index contributed by atoms with van der Waals surface area (Å²) in [5.41, 5.74) is 0.940. The smallest absolute Gasteiger partial charge is 0.387 e. The molecule has 0 aliphatic heterocycles. The van der Waals surface area contributed by atoms with E-state index in [9.17, 15) is 22.0 Å². The molecule has 0 atom stereocenters. The Morgan fingerprint density at radius 3 is 2.41 bits per heavy atom. The highest BCUT2D eigenvalue weighted by molar-refractivity contribution is 7.91. The molecular weight excluding hydrogens is 376 g/mol. The molecule has 0 bridgehead atoms. The van der Waals surface area contributed by atoms with Crippen LogP contribution in [0.15, 0.2) is 53.4 Å². The summed E-state index contributed by atoms with van der Waals surface area (Å²) in [6.07, 6.45) is 0.925. The number of benzene rings is 2. The van der Waals surface area contributed by atoms with Crippen LogP contribution in [0.2, 0.25) is 0 Å². The number of hydrogen-bond donors (Lipinski definition) is 1. The van der Waals surface area contributed by atoms with Crippen LogP contribution in [0.3, 0.4) is 0 Å². The summed E-state index contributed by atoms with van der Waals surface area (Å²) in [5, 5.41) is 2.69. The molecule has 27 heavy (non-hydrogen) atoms. The van der Waals surface area contributed by atoms with Crippen molar-refractivity contribution < 1.29 is 26.7 Å². The van der Waals surface area contributed by atoms with Gasteiger partial charge in [0.15, 0.2) is 9.84 Å². The van der Waals surface area contributed by atoms with Crippen LogP contribution in [0.5, 0.6) is 5.75 Å². The van der Waals surface area contributed by atoms with Gasteiger partial charge in [0.1, 0.15) is 5.75 Å². The maximum atomic E-state index is 12.4.